The Morgan fingerprint density at radius 1 is 1.27 bits per heavy atom. The maximum Gasteiger partial charge on any atom is 0.419 e. The van der Waals surface area contributed by atoms with Gasteiger partial charge in [0.05, 0.1) is 5.56 Å². The standard InChI is InChI=1S/C14H17F4N3O/c1-21-6-4-9(5-7-21)19-13(22)20-10-2-3-12(15)11(8-10)14(16,17)18/h2-3,8-9H,4-7H2,1H3,(H2,19,20,22). The number of carbonyl (C=O) groups excluding carboxylic acids is 1. The summed E-state index contributed by atoms with van der Waals surface area (Å²) >= 11 is 0. The normalized spacial score (nSPS) is 17.3. The first kappa shape index (κ1) is 16.5. The minimum Gasteiger partial charge on any atom is -0.335 e. The quantitative estimate of drug-likeness (QED) is 0.823. The first-order valence-corrected chi connectivity index (χ1v) is 6.88. The maximum absolute atomic E-state index is 13.2. The van der Waals surface area contributed by atoms with E-state index in [9.17, 15) is 22.4 Å². The van der Waals surface area contributed by atoms with E-state index in [1.165, 1.54) is 0 Å². The van der Waals surface area contributed by atoms with E-state index in [1.807, 2.05) is 7.05 Å². The molecule has 2 N–H and O–H groups in total. The summed E-state index contributed by atoms with van der Waals surface area (Å²) in [5, 5.41) is 5.02. The average molecular weight is 319 g/mol. The summed E-state index contributed by atoms with van der Waals surface area (Å²) in [7, 11) is 1.98. The van der Waals surface area contributed by atoms with Crippen LogP contribution in [0.3, 0.4) is 0 Å². The third-order valence-electron chi connectivity index (χ3n) is 3.58. The van der Waals surface area contributed by atoms with Crippen molar-refractivity contribution < 1.29 is 22.4 Å². The van der Waals surface area contributed by atoms with Gasteiger partial charge in [-0.05, 0) is 51.2 Å². The molecule has 1 aromatic carbocycles. The van der Waals surface area contributed by atoms with E-state index in [4.69, 9.17) is 0 Å². The van der Waals surface area contributed by atoms with Gasteiger partial charge in [-0.1, -0.05) is 0 Å². The largest absolute Gasteiger partial charge is 0.419 e. The molecule has 1 aliphatic rings. The zero-order chi connectivity index (χ0) is 16.3. The summed E-state index contributed by atoms with van der Waals surface area (Å²) in [6.07, 6.45) is -3.24. The van der Waals surface area contributed by atoms with Gasteiger partial charge < -0.3 is 15.5 Å². The highest BCUT2D eigenvalue weighted by molar-refractivity contribution is 5.89. The lowest BCUT2D eigenvalue weighted by Crippen LogP contribution is -2.44. The van der Waals surface area contributed by atoms with Crippen molar-refractivity contribution in [3.63, 3.8) is 0 Å². The minimum absolute atomic E-state index is 0.0151. The van der Waals surface area contributed by atoms with Crippen LogP contribution in [0, 0.1) is 5.82 Å². The highest BCUT2D eigenvalue weighted by atomic mass is 19.4. The lowest BCUT2D eigenvalue weighted by Gasteiger charge is -2.29. The third-order valence-corrected chi connectivity index (χ3v) is 3.58. The summed E-state index contributed by atoms with van der Waals surface area (Å²) in [5.74, 6) is -1.37. The molecule has 1 fully saturated rings. The Morgan fingerprint density at radius 2 is 1.91 bits per heavy atom. The minimum atomic E-state index is -4.80. The van der Waals surface area contributed by atoms with E-state index in [1.54, 1.807) is 0 Å². The molecule has 1 aliphatic heterocycles. The average Bonchev–Trinajstić information content (AvgIpc) is 2.42. The topological polar surface area (TPSA) is 44.4 Å². The smallest absolute Gasteiger partial charge is 0.335 e. The van der Waals surface area contributed by atoms with Crippen molar-refractivity contribution in [3.8, 4) is 0 Å². The van der Waals surface area contributed by atoms with E-state index < -0.39 is 23.6 Å². The number of benzene rings is 1. The molecule has 8 heteroatoms. The van der Waals surface area contributed by atoms with Crippen LogP contribution in [-0.4, -0.2) is 37.1 Å². The van der Waals surface area contributed by atoms with Crippen LogP contribution in [0.5, 0.6) is 0 Å². The van der Waals surface area contributed by atoms with Crippen molar-refractivity contribution in [1.82, 2.24) is 10.2 Å². The van der Waals surface area contributed by atoms with Crippen LogP contribution in [0.25, 0.3) is 0 Å². The molecule has 1 aromatic rings. The molecule has 0 radical (unpaired) electrons. The Labute approximate surface area is 125 Å². The second-order valence-electron chi connectivity index (χ2n) is 5.37. The Kier molecular flexibility index (Phi) is 4.90. The highest BCUT2D eigenvalue weighted by Crippen LogP contribution is 2.32. The predicted molar refractivity (Wildman–Crippen MR) is 74.1 cm³/mol. The van der Waals surface area contributed by atoms with Crippen LogP contribution in [0.4, 0.5) is 28.0 Å². The molecule has 0 atom stereocenters. The summed E-state index contributed by atoms with van der Waals surface area (Å²) in [6, 6.07) is 1.77. The molecule has 2 amide bonds. The Balaban J connectivity index is 1.97. The molecular weight excluding hydrogens is 302 g/mol. The fourth-order valence-electron chi connectivity index (χ4n) is 2.33. The summed E-state index contributed by atoms with van der Waals surface area (Å²) in [6.45, 7) is 1.69. The number of amides is 2. The number of hydrogen-bond donors (Lipinski definition) is 2. The number of rotatable bonds is 2. The van der Waals surface area contributed by atoms with Crippen molar-refractivity contribution in [3.05, 3.63) is 29.6 Å². The molecule has 1 saturated heterocycles. The van der Waals surface area contributed by atoms with Crippen molar-refractivity contribution in [2.45, 2.75) is 25.1 Å². The summed E-state index contributed by atoms with van der Waals surface area (Å²) in [4.78, 5) is 13.9. The van der Waals surface area contributed by atoms with Crippen molar-refractivity contribution in [2.24, 2.45) is 0 Å². The van der Waals surface area contributed by atoms with Crippen LogP contribution in [-0.2, 0) is 6.18 Å². The lowest BCUT2D eigenvalue weighted by molar-refractivity contribution is -0.139. The molecule has 4 nitrogen and oxygen atoms in total. The fourth-order valence-corrected chi connectivity index (χ4v) is 2.33. The molecule has 1 heterocycles. The molecule has 0 saturated carbocycles. The molecule has 2 rings (SSSR count). The molecule has 122 valence electrons. The Hall–Kier alpha value is -1.83. The molecular formula is C14H17F4N3O. The predicted octanol–water partition coefficient (Wildman–Crippen LogP) is 3.06. The number of hydrogen-bond acceptors (Lipinski definition) is 2. The number of likely N-dealkylation sites (tertiary alicyclic amines) is 1. The van der Waals surface area contributed by atoms with Gasteiger partial charge in [0.15, 0.2) is 0 Å². The van der Waals surface area contributed by atoms with Gasteiger partial charge in [-0.25, -0.2) is 9.18 Å². The molecule has 0 aliphatic carbocycles. The second-order valence-corrected chi connectivity index (χ2v) is 5.37. The molecule has 0 aromatic heterocycles. The van der Waals surface area contributed by atoms with Crippen LogP contribution in [0.1, 0.15) is 18.4 Å². The molecule has 0 spiro atoms. The van der Waals surface area contributed by atoms with E-state index in [0.29, 0.717) is 12.1 Å². The van der Waals surface area contributed by atoms with Crippen LogP contribution < -0.4 is 10.6 Å². The summed E-state index contributed by atoms with van der Waals surface area (Å²) < 4.78 is 51.0. The first-order chi connectivity index (χ1) is 10.3. The highest BCUT2D eigenvalue weighted by Gasteiger charge is 2.34. The van der Waals surface area contributed by atoms with Gasteiger partial charge in [0.25, 0.3) is 0 Å². The second kappa shape index (κ2) is 6.51. The van der Waals surface area contributed by atoms with E-state index in [2.05, 4.69) is 15.5 Å². The molecule has 0 bridgehead atoms. The van der Waals surface area contributed by atoms with Gasteiger partial charge in [0.1, 0.15) is 5.82 Å². The SMILES string of the molecule is CN1CCC(NC(=O)Nc2ccc(F)c(C(F)(F)F)c2)CC1. The van der Waals surface area contributed by atoms with Crippen LogP contribution in [0.2, 0.25) is 0 Å². The van der Waals surface area contributed by atoms with E-state index in [0.717, 1.165) is 32.0 Å². The van der Waals surface area contributed by atoms with Gasteiger partial charge in [-0.3, -0.25) is 0 Å². The van der Waals surface area contributed by atoms with Crippen LogP contribution in [0.15, 0.2) is 18.2 Å². The maximum atomic E-state index is 13.2. The molecule has 22 heavy (non-hydrogen) atoms. The number of halogens is 4. The zero-order valence-corrected chi connectivity index (χ0v) is 12.0. The Morgan fingerprint density at radius 3 is 2.50 bits per heavy atom. The number of alkyl halides is 3. The van der Waals surface area contributed by atoms with Crippen molar-refractivity contribution >= 4 is 11.7 Å². The van der Waals surface area contributed by atoms with Gasteiger partial charge >= 0.3 is 12.2 Å². The number of urea groups is 1. The monoisotopic (exact) mass is 319 g/mol. The third kappa shape index (κ3) is 4.33. The number of carbonyl (C=O) groups is 1. The van der Waals surface area contributed by atoms with Crippen molar-refractivity contribution in [2.75, 3.05) is 25.5 Å². The van der Waals surface area contributed by atoms with Gasteiger partial charge in [-0.2, -0.15) is 13.2 Å². The number of piperidine rings is 1. The van der Waals surface area contributed by atoms with E-state index >= 15 is 0 Å². The first-order valence-electron chi connectivity index (χ1n) is 6.88. The Bertz CT molecular complexity index is 539. The lowest BCUT2D eigenvalue weighted by atomic mass is 10.1. The number of nitrogens with zero attached hydrogens (tertiary/aromatic N) is 1. The van der Waals surface area contributed by atoms with Crippen LogP contribution >= 0.6 is 0 Å². The number of nitrogens with one attached hydrogen (secondary N) is 2. The van der Waals surface area contributed by atoms with Crippen molar-refractivity contribution in [1.29, 1.82) is 0 Å². The number of anilines is 1. The summed E-state index contributed by atoms with van der Waals surface area (Å²) in [5.41, 5.74) is -1.50. The van der Waals surface area contributed by atoms with Gasteiger partial charge in [0.2, 0.25) is 0 Å². The van der Waals surface area contributed by atoms with Gasteiger partial charge in [-0.15, -0.1) is 0 Å². The van der Waals surface area contributed by atoms with Gasteiger partial charge in [0, 0.05) is 11.7 Å². The van der Waals surface area contributed by atoms with E-state index in [-0.39, 0.29) is 11.7 Å². The molecule has 0 unspecified atom stereocenters. The fraction of sp³-hybridized carbons (Fsp3) is 0.500. The zero-order valence-electron chi connectivity index (χ0n) is 12.0.